The average Bonchev–Trinajstić information content (AvgIpc) is 3.34. The van der Waals surface area contributed by atoms with Gasteiger partial charge in [0.15, 0.2) is 36.1 Å². The summed E-state index contributed by atoms with van der Waals surface area (Å²) in [6, 6.07) is 6.11. The van der Waals surface area contributed by atoms with E-state index in [-0.39, 0.29) is 23.9 Å². The second-order valence-corrected chi connectivity index (χ2v) is 3.77. The molecule has 0 aliphatic rings. The molecule has 0 saturated heterocycles. The van der Waals surface area contributed by atoms with Crippen molar-refractivity contribution in [1.82, 2.24) is 0 Å². The number of aliphatic hydroxyl groups is 1. The Balaban J connectivity index is 0. The minimum atomic E-state index is 0.178. The number of nitrogens with two attached hydrogens (primary N) is 2. The van der Waals surface area contributed by atoms with Gasteiger partial charge in [0, 0.05) is 12.8 Å². The van der Waals surface area contributed by atoms with Gasteiger partial charge in [-0.05, 0) is 38.1 Å². The number of hydrazine groups is 1. The zero-order valence-electron chi connectivity index (χ0n) is 14.4. The van der Waals surface area contributed by atoms with E-state index in [1.54, 1.807) is 32.2 Å². The number of carbonyl (C=O) groups is 3. The first-order valence-electron chi connectivity index (χ1n) is 7.15. The van der Waals surface area contributed by atoms with Gasteiger partial charge < -0.3 is 13.9 Å². The second kappa shape index (κ2) is 18.1. The van der Waals surface area contributed by atoms with Crippen molar-refractivity contribution in [1.29, 1.82) is 0 Å². The van der Waals surface area contributed by atoms with Gasteiger partial charge in [-0.1, -0.05) is 0 Å². The summed E-state index contributed by atoms with van der Waals surface area (Å²) in [4.78, 5) is 30.0. The maximum Gasteiger partial charge on any atom is 0.185 e. The topological polar surface area (TPSA) is 174 Å². The lowest BCUT2D eigenvalue weighted by Crippen LogP contribution is -2.02. The highest BCUT2D eigenvalue weighted by atomic mass is 16.4. The molecule has 0 spiro atoms. The summed E-state index contributed by atoms with van der Waals surface area (Å²) in [5, 5.41) is 14.8. The van der Waals surface area contributed by atoms with Gasteiger partial charge in [0.2, 0.25) is 0 Å². The molecule has 0 radical (unpaired) electrons. The number of furan rings is 2. The summed E-state index contributed by atoms with van der Waals surface area (Å²) in [5.74, 6) is 9.16. The third kappa shape index (κ3) is 12.2. The highest BCUT2D eigenvalue weighted by molar-refractivity contribution is 5.79. The standard InChI is InChI=1S/C8H8N2O2.C6H4O3.C2H6O.H4N2/c1-2-9-10-5-7-3-4-8(6-11)12-7;7-3-5-1-2-6(4-8)9-5;1-2-3;1-2/h2-6H,1H3;1-4H;3H,2H2,1H3;1-2H2/b9-2+,10-5+;;;. The molecule has 0 bridgehead atoms. The zero-order valence-corrected chi connectivity index (χ0v) is 14.4. The summed E-state index contributed by atoms with van der Waals surface area (Å²) in [7, 11) is 0. The molecule has 0 amide bonds. The Morgan fingerprint density at radius 2 is 1.23 bits per heavy atom. The van der Waals surface area contributed by atoms with Crippen molar-refractivity contribution in [2.45, 2.75) is 13.8 Å². The van der Waals surface area contributed by atoms with Gasteiger partial charge in [-0.25, -0.2) is 0 Å². The van der Waals surface area contributed by atoms with Crippen LogP contribution in [0.25, 0.3) is 0 Å². The first-order valence-corrected chi connectivity index (χ1v) is 7.15. The predicted octanol–water partition coefficient (Wildman–Crippen LogP) is 1.24. The van der Waals surface area contributed by atoms with Crippen LogP contribution in [-0.4, -0.2) is 43.0 Å². The number of aliphatic hydroxyl groups excluding tert-OH is 1. The van der Waals surface area contributed by atoms with Crippen LogP contribution in [0.1, 0.15) is 51.3 Å². The Bertz CT molecular complexity index is 653. The van der Waals surface area contributed by atoms with Crippen LogP contribution >= 0.6 is 0 Å². The fourth-order valence-corrected chi connectivity index (χ4v) is 1.15. The van der Waals surface area contributed by atoms with Crippen molar-refractivity contribution in [2.75, 3.05) is 6.61 Å². The second-order valence-electron chi connectivity index (χ2n) is 3.77. The molecule has 2 aromatic heterocycles. The van der Waals surface area contributed by atoms with Crippen molar-refractivity contribution < 1.29 is 28.3 Å². The Morgan fingerprint density at radius 1 is 0.885 bits per heavy atom. The number of nitrogens with zero attached hydrogens (tertiary/aromatic N) is 2. The van der Waals surface area contributed by atoms with E-state index >= 15 is 0 Å². The van der Waals surface area contributed by atoms with E-state index in [1.165, 1.54) is 18.3 Å². The fourth-order valence-electron chi connectivity index (χ4n) is 1.15. The van der Waals surface area contributed by atoms with Gasteiger partial charge >= 0.3 is 0 Å². The van der Waals surface area contributed by atoms with Crippen LogP contribution in [0.5, 0.6) is 0 Å². The number of carbonyl (C=O) groups excluding carboxylic acids is 3. The highest BCUT2D eigenvalue weighted by Gasteiger charge is 1.96. The molecule has 142 valence electrons. The van der Waals surface area contributed by atoms with Gasteiger partial charge in [-0.2, -0.15) is 10.2 Å². The van der Waals surface area contributed by atoms with E-state index in [0.29, 0.717) is 24.6 Å². The predicted molar refractivity (Wildman–Crippen MR) is 96.5 cm³/mol. The smallest absolute Gasteiger partial charge is 0.185 e. The lowest BCUT2D eigenvalue weighted by Gasteiger charge is -1.80. The highest BCUT2D eigenvalue weighted by Crippen LogP contribution is 2.02. The molecule has 10 nitrogen and oxygen atoms in total. The lowest BCUT2D eigenvalue weighted by molar-refractivity contribution is 0.107. The summed E-state index contributed by atoms with van der Waals surface area (Å²) in [6.07, 6.45) is 4.73. The van der Waals surface area contributed by atoms with Crippen LogP contribution in [0.15, 0.2) is 43.3 Å². The number of aldehydes is 3. The zero-order chi connectivity index (χ0) is 20.2. The molecule has 10 heteroatoms. The molecular formula is C16H22N4O6. The maximum absolute atomic E-state index is 10.2. The molecule has 0 saturated carbocycles. The molecule has 2 heterocycles. The normalized spacial score (nSPS) is 9.27. The molecule has 0 fully saturated rings. The summed E-state index contributed by atoms with van der Waals surface area (Å²) >= 11 is 0. The minimum absolute atomic E-state index is 0.178. The van der Waals surface area contributed by atoms with E-state index in [2.05, 4.69) is 26.3 Å². The minimum Gasteiger partial charge on any atom is -0.452 e. The summed E-state index contributed by atoms with van der Waals surface area (Å²) in [5.41, 5.74) is 0. The number of hydrogen-bond acceptors (Lipinski definition) is 10. The van der Waals surface area contributed by atoms with Gasteiger partial charge in [0.05, 0.1) is 6.21 Å². The van der Waals surface area contributed by atoms with Crippen LogP contribution in [0.2, 0.25) is 0 Å². The van der Waals surface area contributed by atoms with E-state index in [0.717, 1.165) is 0 Å². The Morgan fingerprint density at radius 3 is 1.54 bits per heavy atom. The van der Waals surface area contributed by atoms with Crippen LogP contribution < -0.4 is 11.7 Å². The number of hydrogen-bond donors (Lipinski definition) is 3. The van der Waals surface area contributed by atoms with Gasteiger partial charge in [-0.15, -0.1) is 0 Å². The summed E-state index contributed by atoms with van der Waals surface area (Å²) in [6.45, 7) is 3.69. The quantitative estimate of drug-likeness (QED) is 0.306. The lowest BCUT2D eigenvalue weighted by atomic mass is 10.4. The molecular weight excluding hydrogens is 344 g/mol. The van der Waals surface area contributed by atoms with E-state index in [9.17, 15) is 14.4 Å². The summed E-state index contributed by atoms with van der Waals surface area (Å²) < 4.78 is 9.63. The van der Waals surface area contributed by atoms with Crippen molar-refractivity contribution in [2.24, 2.45) is 21.9 Å². The van der Waals surface area contributed by atoms with Crippen molar-refractivity contribution in [3.8, 4) is 0 Å². The SMILES string of the molecule is C/C=N/N=C/c1ccc(C=O)o1.CCO.NN.O=Cc1ccc(C=O)o1. The average molecular weight is 366 g/mol. The van der Waals surface area contributed by atoms with Gasteiger partial charge in [0.25, 0.3) is 0 Å². The third-order valence-electron chi connectivity index (χ3n) is 2.01. The fraction of sp³-hybridized carbons (Fsp3) is 0.188. The van der Waals surface area contributed by atoms with Crippen molar-refractivity contribution in [3.63, 3.8) is 0 Å². The van der Waals surface area contributed by atoms with Crippen LogP contribution in [-0.2, 0) is 0 Å². The number of rotatable bonds is 5. The van der Waals surface area contributed by atoms with E-state index in [1.807, 2.05) is 0 Å². The Kier molecular flexibility index (Phi) is 17.5. The Hall–Kier alpha value is -3.21. The van der Waals surface area contributed by atoms with E-state index < -0.39 is 0 Å². The molecule has 26 heavy (non-hydrogen) atoms. The monoisotopic (exact) mass is 366 g/mol. The van der Waals surface area contributed by atoms with Crippen LogP contribution in [0, 0.1) is 0 Å². The maximum atomic E-state index is 10.2. The molecule has 2 aromatic rings. The largest absolute Gasteiger partial charge is 0.452 e. The first kappa shape index (κ1) is 25.0. The van der Waals surface area contributed by atoms with Crippen molar-refractivity contribution in [3.05, 3.63) is 47.3 Å². The van der Waals surface area contributed by atoms with Gasteiger partial charge in [0.1, 0.15) is 5.76 Å². The molecule has 2 rings (SSSR count). The third-order valence-corrected chi connectivity index (χ3v) is 2.01. The van der Waals surface area contributed by atoms with Gasteiger partial charge in [-0.3, -0.25) is 26.1 Å². The molecule has 0 unspecified atom stereocenters. The molecule has 0 aliphatic carbocycles. The first-order chi connectivity index (χ1) is 12.6. The molecule has 0 aliphatic heterocycles. The van der Waals surface area contributed by atoms with E-state index in [4.69, 9.17) is 9.52 Å². The van der Waals surface area contributed by atoms with Crippen molar-refractivity contribution >= 4 is 31.3 Å². The molecule has 0 aromatic carbocycles. The molecule has 5 N–H and O–H groups in total. The Labute approximate surface area is 150 Å². The van der Waals surface area contributed by atoms with Crippen LogP contribution in [0.3, 0.4) is 0 Å². The molecule has 0 atom stereocenters. The van der Waals surface area contributed by atoms with Crippen LogP contribution in [0.4, 0.5) is 0 Å².